The zero-order valence-electron chi connectivity index (χ0n) is 10.4. The number of methoxy groups -OCH3 is 1. The Labute approximate surface area is 101 Å². The molecule has 0 saturated carbocycles. The lowest BCUT2D eigenvalue weighted by Gasteiger charge is -2.28. The SMILES string of the molecule is COc1cc(N)cc(N(CC(N)=O)C(C)C)c1. The predicted octanol–water partition coefficient (Wildman–Crippen LogP) is 0.977. The Bertz CT molecular complexity index is 405. The minimum Gasteiger partial charge on any atom is -0.497 e. The number of benzene rings is 1. The van der Waals surface area contributed by atoms with E-state index in [0.29, 0.717) is 11.4 Å². The molecule has 5 heteroatoms. The third-order valence-electron chi connectivity index (χ3n) is 2.43. The summed E-state index contributed by atoms with van der Waals surface area (Å²) in [6.45, 7) is 4.13. The highest BCUT2D eigenvalue weighted by molar-refractivity contribution is 5.80. The van der Waals surface area contributed by atoms with Crippen molar-refractivity contribution in [2.75, 3.05) is 24.3 Å². The molecule has 0 aliphatic rings. The van der Waals surface area contributed by atoms with Gasteiger partial charge in [0.25, 0.3) is 0 Å². The predicted molar refractivity (Wildman–Crippen MR) is 69.1 cm³/mol. The van der Waals surface area contributed by atoms with E-state index >= 15 is 0 Å². The topological polar surface area (TPSA) is 81.6 Å². The molecule has 0 aliphatic carbocycles. The van der Waals surface area contributed by atoms with Crippen molar-refractivity contribution in [1.29, 1.82) is 0 Å². The Morgan fingerprint density at radius 2 is 2.06 bits per heavy atom. The standard InChI is InChI=1S/C12H19N3O2/c1-8(2)15(7-12(14)16)10-4-9(13)5-11(6-10)17-3/h4-6,8H,7,13H2,1-3H3,(H2,14,16). The molecule has 0 heterocycles. The lowest BCUT2D eigenvalue weighted by molar-refractivity contribution is -0.116. The van der Waals surface area contributed by atoms with Gasteiger partial charge in [0.2, 0.25) is 5.91 Å². The van der Waals surface area contributed by atoms with Crippen molar-refractivity contribution in [3.05, 3.63) is 18.2 Å². The Morgan fingerprint density at radius 1 is 1.41 bits per heavy atom. The fourth-order valence-corrected chi connectivity index (χ4v) is 1.63. The van der Waals surface area contributed by atoms with E-state index in [1.54, 1.807) is 19.2 Å². The van der Waals surface area contributed by atoms with E-state index in [0.717, 1.165) is 5.69 Å². The van der Waals surface area contributed by atoms with Crippen molar-refractivity contribution in [2.45, 2.75) is 19.9 Å². The molecule has 0 radical (unpaired) electrons. The van der Waals surface area contributed by atoms with Crippen LogP contribution in [-0.2, 0) is 4.79 Å². The van der Waals surface area contributed by atoms with E-state index in [2.05, 4.69) is 0 Å². The molecule has 0 fully saturated rings. The number of ether oxygens (including phenoxy) is 1. The molecule has 1 aromatic carbocycles. The first-order valence-corrected chi connectivity index (χ1v) is 5.43. The molecule has 1 rings (SSSR count). The van der Waals surface area contributed by atoms with Crippen LogP contribution in [0, 0.1) is 0 Å². The summed E-state index contributed by atoms with van der Waals surface area (Å²) < 4.78 is 5.15. The Morgan fingerprint density at radius 3 is 2.53 bits per heavy atom. The molecule has 17 heavy (non-hydrogen) atoms. The zero-order valence-corrected chi connectivity index (χ0v) is 10.4. The van der Waals surface area contributed by atoms with Gasteiger partial charge in [0.15, 0.2) is 0 Å². The molecule has 5 nitrogen and oxygen atoms in total. The van der Waals surface area contributed by atoms with E-state index in [4.69, 9.17) is 16.2 Å². The van der Waals surface area contributed by atoms with Gasteiger partial charge in [-0.05, 0) is 19.9 Å². The second kappa shape index (κ2) is 5.43. The summed E-state index contributed by atoms with van der Waals surface area (Å²) in [6, 6.07) is 5.51. The first-order valence-electron chi connectivity index (χ1n) is 5.43. The molecule has 4 N–H and O–H groups in total. The smallest absolute Gasteiger partial charge is 0.236 e. The molecular weight excluding hydrogens is 218 g/mol. The summed E-state index contributed by atoms with van der Waals surface area (Å²) in [6.07, 6.45) is 0. The zero-order chi connectivity index (χ0) is 13.0. The molecule has 1 amide bonds. The van der Waals surface area contributed by atoms with Crippen molar-refractivity contribution in [2.24, 2.45) is 5.73 Å². The van der Waals surface area contributed by atoms with Gasteiger partial charge >= 0.3 is 0 Å². The number of carbonyl (C=O) groups excluding carboxylic acids is 1. The highest BCUT2D eigenvalue weighted by atomic mass is 16.5. The Balaban J connectivity index is 3.08. The molecular formula is C12H19N3O2. The first kappa shape index (κ1) is 13.2. The monoisotopic (exact) mass is 237 g/mol. The average molecular weight is 237 g/mol. The van der Waals surface area contributed by atoms with Crippen LogP contribution in [0.3, 0.4) is 0 Å². The number of nitrogens with two attached hydrogens (primary N) is 2. The number of hydrogen-bond donors (Lipinski definition) is 2. The Hall–Kier alpha value is -1.91. The summed E-state index contributed by atoms with van der Waals surface area (Å²) in [5, 5.41) is 0. The minimum atomic E-state index is -0.375. The third-order valence-corrected chi connectivity index (χ3v) is 2.43. The lowest BCUT2D eigenvalue weighted by Crippen LogP contribution is -2.38. The summed E-state index contributed by atoms with van der Waals surface area (Å²) in [4.78, 5) is 12.9. The van der Waals surface area contributed by atoms with Crippen molar-refractivity contribution in [1.82, 2.24) is 0 Å². The van der Waals surface area contributed by atoms with Crippen LogP contribution in [0.4, 0.5) is 11.4 Å². The third kappa shape index (κ3) is 3.55. The number of nitrogen functional groups attached to an aromatic ring is 1. The summed E-state index contributed by atoms with van der Waals surface area (Å²) in [5.74, 6) is 0.287. The number of anilines is 2. The molecule has 0 atom stereocenters. The van der Waals surface area contributed by atoms with Crippen LogP contribution in [0.5, 0.6) is 5.75 Å². The van der Waals surface area contributed by atoms with Crippen LogP contribution in [-0.4, -0.2) is 25.6 Å². The number of amides is 1. The van der Waals surface area contributed by atoms with Gasteiger partial charge in [-0.15, -0.1) is 0 Å². The van der Waals surface area contributed by atoms with Crippen molar-refractivity contribution >= 4 is 17.3 Å². The molecule has 0 spiro atoms. The van der Waals surface area contributed by atoms with Gasteiger partial charge in [0.05, 0.1) is 13.7 Å². The maximum absolute atomic E-state index is 11.0. The van der Waals surface area contributed by atoms with Gasteiger partial charge in [0.1, 0.15) is 5.75 Å². The van der Waals surface area contributed by atoms with Gasteiger partial charge in [-0.1, -0.05) is 0 Å². The van der Waals surface area contributed by atoms with Gasteiger partial charge in [-0.2, -0.15) is 0 Å². The second-order valence-corrected chi connectivity index (χ2v) is 4.15. The van der Waals surface area contributed by atoms with Crippen LogP contribution >= 0.6 is 0 Å². The first-order chi connectivity index (χ1) is 7.93. The quantitative estimate of drug-likeness (QED) is 0.748. The maximum Gasteiger partial charge on any atom is 0.236 e. The molecule has 1 aromatic rings. The number of carbonyl (C=O) groups is 1. The number of primary amides is 1. The Kier molecular flexibility index (Phi) is 4.20. The highest BCUT2D eigenvalue weighted by Gasteiger charge is 2.14. The van der Waals surface area contributed by atoms with Gasteiger partial charge in [-0.25, -0.2) is 0 Å². The molecule has 94 valence electrons. The van der Waals surface area contributed by atoms with E-state index in [1.807, 2.05) is 24.8 Å². The van der Waals surface area contributed by atoms with Crippen molar-refractivity contribution in [3.63, 3.8) is 0 Å². The maximum atomic E-state index is 11.0. The normalized spacial score (nSPS) is 10.4. The summed E-state index contributed by atoms with van der Waals surface area (Å²) in [5.41, 5.74) is 12.4. The van der Waals surface area contributed by atoms with E-state index in [9.17, 15) is 4.79 Å². The molecule has 0 aromatic heterocycles. The molecule has 0 bridgehead atoms. The van der Waals surface area contributed by atoms with Crippen molar-refractivity contribution < 1.29 is 9.53 Å². The van der Waals surface area contributed by atoms with Crippen molar-refractivity contribution in [3.8, 4) is 5.75 Å². The fourth-order valence-electron chi connectivity index (χ4n) is 1.63. The van der Waals surface area contributed by atoms with E-state index in [-0.39, 0.29) is 18.5 Å². The summed E-state index contributed by atoms with van der Waals surface area (Å²) >= 11 is 0. The van der Waals surface area contributed by atoms with Crippen LogP contribution < -0.4 is 21.1 Å². The number of rotatable bonds is 5. The van der Waals surface area contributed by atoms with Gasteiger partial charge < -0.3 is 21.1 Å². The van der Waals surface area contributed by atoms with Gasteiger partial charge in [0, 0.05) is 29.5 Å². The average Bonchev–Trinajstić information content (AvgIpc) is 2.24. The van der Waals surface area contributed by atoms with Crippen LogP contribution in [0.1, 0.15) is 13.8 Å². The molecule has 0 aliphatic heterocycles. The summed E-state index contributed by atoms with van der Waals surface area (Å²) in [7, 11) is 1.58. The lowest BCUT2D eigenvalue weighted by atomic mass is 10.2. The minimum absolute atomic E-state index is 0.147. The van der Waals surface area contributed by atoms with E-state index < -0.39 is 0 Å². The van der Waals surface area contributed by atoms with Crippen LogP contribution in [0.15, 0.2) is 18.2 Å². The molecule has 0 unspecified atom stereocenters. The van der Waals surface area contributed by atoms with Crippen LogP contribution in [0.2, 0.25) is 0 Å². The molecule has 0 saturated heterocycles. The largest absolute Gasteiger partial charge is 0.497 e. The van der Waals surface area contributed by atoms with Crippen LogP contribution in [0.25, 0.3) is 0 Å². The fraction of sp³-hybridized carbons (Fsp3) is 0.417. The second-order valence-electron chi connectivity index (χ2n) is 4.15. The van der Waals surface area contributed by atoms with E-state index in [1.165, 1.54) is 0 Å². The number of hydrogen-bond acceptors (Lipinski definition) is 4. The van der Waals surface area contributed by atoms with Gasteiger partial charge in [-0.3, -0.25) is 4.79 Å². The number of nitrogens with zero attached hydrogens (tertiary/aromatic N) is 1. The highest BCUT2D eigenvalue weighted by Crippen LogP contribution is 2.26.